The molecule has 268 valence electrons. The number of unbranched alkanes of at least 4 members (excludes halogenated alkanes) is 30. The van der Waals surface area contributed by atoms with E-state index in [1.807, 2.05) is 0 Å². The predicted molar refractivity (Wildman–Crippen MR) is 199 cm³/mol. The van der Waals surface area contributed by atoms with Crippen LogP contribution in [0.3, 0.4) is 0 Å². The van der Waals surface area contributed by atoms with Gasteiger partial charge in [0.05, 0.1) is 26.2 Å². The lowest BCUT2D eigenvalue weighted by atomic mass is 10.0. The molecule has 0 N–H and O–H groups in total. The number of rotatable bonds is 38. The van der Waals surface area contributed by atoms with E-state index in [1.165, 1.54) is 249 Å². The van der Waals surface area contributed by atoms with Crippen LogP contribution in [0.1, 0.15) is 246 Å². The van der Waals surface area contributed by atoms with Gasteiger partial charge >= 0.3 is 0 Å². The Hall–Kier alpha value is 0.690. The van der Waals surface area contributed by atoms with E-state index in [9.17, 15) is 0 Å². The molecule has 0 saturated heterocycles. The second kappa shape index (κ2) is 39.9. The fourth-order valence-electron chi connectivity index (χ4n) is 7.35. The minimum absolute atomic E-state index is 0. The molecule has 0 aromatic rings. The van der Waals surface area contributed by atoms with Crippen molar-refractivity contribution in [2.45, 2.75) is 246 Å². The lowest BCUT2D eigenvalue weighted by Crippen LogP contribution is -3.00. The normalized spacial score (nSPS) is 11.7. The highest BCUT2D eigenvalue weighted by Crippen LogP contribution is 2.21. The molecule has 0 fully saturated rings. The third-order valence-electron chi connectivity index (χ3n) is 10.4. The SMILES string of the molecule is CCCCCCCCCCCCCCCCCC[N+](CCCCCCCC)(CCCCCCCC)CCCCCCCC.[I-]. The summed E-state index contributed by atoms with van der Waals surface area (Å²) in [5.41, 5.74) is 0. The Morgan fingerprint density at radius 2 is 0.341 bits per heavy atom. The molecule has 0 unspecified atom stereocenters. The first-order valence-electron chi connectivity index (χ1n) is 21.1. The molecule has 0 aliphatic rings. The van der Waals surface area contributed by atoms with E-state index < -0.39 is 0 Å². The van der Waals surface area contributed by atoms with Gasteiger partial charge in [0.1, 0.15) is 0 Å². The van der Waals surface area contributed by atoms with Crippen LogP contribution in [-0.2, 0) is 0 Å². The lowest BCUT2D eigenvalue weighted by Gasteiger charge is -2.40. The van der Waals surface area contributed by atoms with Crippen molar-refractivity contribution in [3.05, 3.63) is 0 Å². The van der Waals surface area contributed by atoms with Crippen LogP contribution in [0.2, 0.25) is 0 Å². The topological polar surface area (TPSA) is 0 Å². The van der Waals surface area contributed by atoms with Crippen molar-refractivity contribution in [3.8, 4) is 0 Å². The van der Waals surface area contributed by atoms with E-state index in [1.54, 1.807) is 0 Å². The minimum Gasteiger partial charge on any atom is -1.00 e. The molecule has 0 rings (SSSR count). The maximum absolute atomic E-state index is 2.35. The first-order valence-corrected chi connectivity index (χ1v) is 21.1. The van der Waals surface area contributed by atoms with Gasteiger partial charge in [-0.1, -0.05) is 195 Å². The van der Waals surface area contributed by atoms with Gasteiger partial charge in [-0.05, 0) is 51.4 Å². The molecule has 0 amide bonds. The van der Waals surface area contributed by atoms with Gasteiger partial charge in [0.25, 0.3) is 0 Å². The number of nitrogens with zero attached hydrogens (tertiary/aromatic N) is 1. The summed E-state index contributed by atoms with van der Waals surface area (Å²) in [5, 5.41) is 0. The van der Waals surface area contributed by atoms with Crippen molar-refractivity contribution in [2.24, 2.45) is 0 Å². The Balaban J connectivity index is 0. The van der Waals surface area contributed by atoms with Crippen LogP contribution in [0, 0.1) is 0 Å². The smallest absolute Gasteiger partial charge is 0.0786 e. The van der Waals surface area contributed by atoms with Crippen LogP contribution in [0.5, 0.6) is 0 Å². The van der Waals surface area contributed by atoms with Gasteiger partial charge in [0.2, 0.25) is 0 Å². The van der Waals surface area contributed by atoms with Crippen LogP contribution >= 0.6 is 0 Å². The molecule has 0 bridgehead atoms. The van der Waals surface area contributed by atoms with Crippen LogP contribution < -0.4 is 24.0 Å². The largest absolute Gasteiger partial charge is 1.00 e. The molecular formula is C42H88IN. The summed E-state index contributed by atoms with van der Waals surface area (Å²) in [7, 11) is 0. The summed E-state index contributed by atoms with van der Waals surface area (Å²) in [6.45, 7) is 15.3. The molecule has 0 aromatic heterocycles. The van der Waals surface area contributed by atoms with Gasteiger partial charge in [0.15, 0.2) is 0 Å². The Morgan fingerprint density at radius 3 is 0.500 bits per heavy atom. The van der Waals surface area contributed by atoms with Crippen molar-refractivity contribution in [1.82, 2.24) is 0 Å². The average molecular weight is 734 g/mol. The molecule has 0 radical (unpaired) electrons. The third kappa shape index (κ3) is 34.0. The quantitative estimate of drug-likeness (QED) is 0.0337. The average Bonchev–Trinajstić information content (AvgIpc) is 3.02. The van der Waals surface area contributed by atoms with Crippen molar-refractivity contribution in [1.29, 1.82) is 0 Å². The van der Waals surface area contributed by atoms with Crippen LogP contribution in [0.4, 0.5) is 0 Å². The lowest BCUT2D eigenvalue weighted by molar-refractivity contribution is -0.929. The molecule has 0 heterocycles. The molecular weight excluding hydrogens is 645 g/mol. The predicted octanol–water partition coefficient (Wildman–Crippen LogP) is 12.2. The Morgan fingerprint density at radius 1 is 0.205 bits per heavy atom. The second-order valence-corrected chi connectivity index (χ2v) is 14.8. The van der Waals surface area contributed by atoms with Crippen molar-refractivity contribution < 1.29 is 28.5 Å². The summed E-state index contributed by atoms with van der Waals surface area (Å²) < 4.78 is 1.48. The van der Waals surface area contributed by atoms with Crippen molar-refractivity contribution in [2.75, 3.05) is 26.2 Å². The molecule has 1 nitrogen and oxygen atoms in total. The Bertz CT molecular complexity index is 451. The van der Waals surface area contributed by atoms with Gasteiger partial charge < -0.3 is 28.5 Å². The van der Waals surface area contributed by atoms with Crippen molar-refractivity contribution >= 4 is 0 Å². The number of quaternary nitrogens is 1. The molecule has 2 heteroatoms. The van der Waals surface area contributed by atoms with Crippen LogP contribution in [0.15, 0.2) is 0 Å². The maximum atomic E-state index is 2.35. The van der Waals surface area contributed by atoms with E-state index in [-0.39, 0.29) is 24.0 Å². The molecule has 0 spiro atoms. The summed E-state index contributed by atoms with van der Waals surface area (Å²) in [6, 6.07) is 0. The van der Waals surface area contributed by atoms with Crippen molar-refractivity contribution in [3.63, 3.8) is 0 Å². The fourth-order valence-corrected chi connectivity index (χ4v) is 7.35. The second-order valence-electron chi connectivity index (χ2n) is 14.8. The number of hydrogen-bond donors (Lipinski definition) is 0. The molecule has 0 atom stereocenters. The molecule has 0 aliphatic heterocycles. The summed E-state index contributed by atoms with van der Waals surface area (Å²) >= 11 is 0. The van der Waals surface area contributed by atoms with E-state index >= 15 is 0 Å². The highest BCUT2D eigenvalue weighted by Gasteiger charge is 2.25. The highest BCUT2D eigenvalue weighted by atomic mass is 127. The monoisotopic (exact) mass is 734 g/mol. The van der Waals surface area contributed by atoms with E-state index in [0.29, 0.717) is 0 Å². The zero-order valence-corrected chi connectivity index (χ0v) is 33.9. The first-order chi connectivity index (χ1) is 21.2. The maximum Gasteiger partial charge on any atom is 0.0786 e. The standard InChI is InChI=1S/C42H88N.HI/c1-5-9-13-17-21-22-23-24-25-26-27-28-29-30-34-38-42-43(39-35-31-18-14-10-6-2,40-36-32-19-15-11-7-3)41-37-33-20-16-12-8-4;/h5-42H2,1-4H3;1H/q+1;/p-1. The summed E-state index contributed by atoms with van der Waals surface area (Å²) in [4.78, 5) is 0. The summed E-state index contributed by atoms with van der Waals surface area (Å²) in [5.74, 6) is 0. The number of hydrogen-bond acceptors (Lipinski definition) is 0. The highest BCUT2D eigenvalue weighted by molar-refractivity contribution is 4.56. The Labute approximate surface area is 299 Å². The van der Waals surface area contributed by atoms with Gasteiger partial charge in [0, 0.05) is 0 Å². The molecule has 0 aromatic carbocycles. The number of halogens is 1. The third-order valence-corrected chi connectivity index (χ3v) is 10.4. The summed E-state index contributed by atoms with van der Waals surface area (Å²) in [6.07, 6.45) is 49.7. The fraction of sp³-hybridized carbons (Fsp3) is 1.00. The van der Waals surface area contributed by atoms with E-state index in [2.05, 4.69) is 27.7 Å². The zero-order chi connectivity index (χ0) is 31.4. The van der Waals surface area contributed by atoms with E-state index in [0.717, 1.165) is 0 Å². The Kier molecular flexibility index (Phi) is 42.4. The first kappa shape index (κ1) is 46.8. The molecule has 0 aliphatic carbocycles. The van der Waals surface area contributed by atoms with Gasteiger partial charge in [-0.25, -0.2) is 0 Å². The van der Waals surface area contributed by atoms with Gasteiger partial charge in [-0.2, -0.15) is 0 Å². The van der Waals surface area contributed by atoms with E-state index in [4.69, 9.17) is 0 Å². The van der Waals surface area contributed by atoms with Gasteiger partial charge in [-0.15, -0.1) is 0 Å². The zero-order valence-electron chi connectivity index (χ0n) is 31.7. The molecule has 0 saturated carbocycles. The molecule has 44 heavy (non-hydrogen) atoms. The van der Waals surface area contributed by atoms with Crippen LogP contribution in [0.25, 0.3) is 0 Å². The minimum atomic E-state index is 0. The van der Waals surface area contributed by atoms with Crippen LogP contribution in [-0.4, -0.2) is 30.7 Å². The van der Waals surface area contributed by atoms with Gasteiger partial charge in [-0.3, -0.25) is 0 Å².